The summed E-state index contributed by atoms with van der Waals surface area (Å²) in [5, 5.41) is 4.72. The minimum absolute atomic E-state index is 0.297. The quantitative estimate of drug-likeness (QED) is 0.836. The molecule has 2 heteroatoms. The maximum atomic E-state index is 6.16. The van der Waals surface area contributed by atoms with E-state index >= 15 is 0 Å². The lowest BCUT2D eigenvalue weighted by atomic mass is 9.78. The summed E-state index contributed by atoms with van der Waals surface area (Å²) < 4.78 is 0. The van der Waals surface area contributed by atoms with E-state index in [1.54, 1.807) is 0 Å². The predicted octanol–water partition coefficient (Wildman–Crippen LogP) is 4.35. The highest BCUT2D eigenvalue weighted by molar-refractivity contribution is 6.30. The van der Waals surface area contributed by atoms with E-state index in [1.807, 2.05) is 6.07 Å². The van der Waals surface area contributed by atoms with Crippen LogP contribution in [-0.2, 0) is 6.42 Å². The fourth-order valence-electron chi connectivity index (χ4n) is 3.60. The van der Waals surface area contributed by atoms with Crippen molar-refractivity contribution < 1.29 is 0 Å². The van der Waals surface area contributed by atoms with Crippen LogP contribution in [0.2, 0.25) is 5.02 Å². The lowest BCUT2D eigenvalue weighted by Gasteiger charge is -2.39. The minimum Gasteiger partial charge on any atom is -0.307 e. The molecule has 0 bridgehead atoms. The van der Waals surface area contributed by atoms with Gasteiger partial charge in [0.25, 0.3) is 0 Å². The Morgan fingerprint density at radius 3 is 2.67 bits per heavy atom. The van der Waals surface area contributed by atoms with Gasteiger partial charge in [-0.2, -0.15) is 0 Å². The van der Waals surface area contributed by atoms with Crippen LogP contribution in [-0.4, -0.2) is 6.04 Å². The SMILES string of the molecule is CC1CC(NC2c3cc(Cl)ccc3CC2(C)C)C1. The highest BCUT2D eigenvalue weighted by atomic mass is 35.5. The zero-order valence-corrected chi connectivity index (χ0v) is 12.2. The van der Waals surface area contributed by atoms with Crippen LogP contribution in [0.4, 0.5) is 0 Å². The fraction of sp³-hybridized carbons (Fsp3) is 0.625. The van der Waals surface area contributed by atoms with Crippen molar-refractivity contribution >= 4 is 11.6 Å². The van der Waals surface area contributed by atoms with E-state index in [-0.39, 0.29) is 0 Å². The Morgan fingerprint density at radius 1 is 1.28 bits per heavy atom. The molecule has 3 rings (SSSR count). The molecule has 0 amide bonds. The molecule has 1 unspecified atom stereocenters. The van der Waals surface area contributed by atoms with Crippen molar-refractivity contribution in [3.05, 3.63) is 34.3 Å². The highest BCUT2D eigenvalue weighted by Gasteiger charge is 2.41. The van der Waals surface area contributed by atoms with Gasteiger partial charge in [0.1, 0.15) is 0 Å². The summed E-state index contributed by atoms with van der Waals surface area (Å²) in [5.41, 5.74) is 3.19. The predicted molar refractivity (Wildman–Crippen MR) is 77.0 cm³/mol. The van der Waals surface area contributed by atoms with E-state index in [4.69, 9.17) is 11.6 Å². The van der Waals surface area contributed by atoms with Gasteiger partial charge in [0.15, 0.2) is 0 Å². The molecule has 0 aromatic heterocycles. The standard InChI is InChI=1S/C16H22ClN/c1-10-6-13(7-10)18-15-14-8-12(17)5-4-11(14)9-16(15,2)3/h4-5,8,10,13,15,18H,6-7,9H2,1-3H3. The molecule has 2 aliphatic rings. The number of rotatable bonds is 2. The van der Waals surface area contributed by atoms with Crippen LogP contribution in [0.3, 0.4) is 0 Å². The summed E-state index contributed by atoms with van der Waals surface area (Å²) in [5.74, 6) is 0.894. The Morgan fingerprint density at radius 2 is 2.00 bits per heavy atom. The van der Waals surface area contributed by atoms with Crippen LogP contribution >= 0.6 is 11.6 Å². The molecule has 1 nitrogen and oxygen atoms in total. The average Bonchev–Trinajstić information content (AvgIpc) is 2.48. The van der Waals surface area contributed by atoms with Gasteiger partial charge < -0.3 is 5.32 Å². The molecular formula is C16H22ClN. The molecule has 98 valence electrons. The van der Waals surface area contributed by atoms with Crippen molar-refractivity contribution in [1.29, 1.82) is 0 Å². The molecule has 0 radical (unpaired) electrons. The summed E-state index contributed by atoms with van der Waals surface area (Å²) in [4.78, 5) is 0. The molecule has 1 saturated carbocycles. The molecule has 0 heterocycles. The Hall–Kier alpha value is -0.530. The molecule has 1 atom stereocenters. The highest BCUT2D eigenvalue weighted by Crippen LogP contribution is 2.47. The Bertz CT molecular complexity index is 460. The van der Waals surface area contributed by atoms with Gasteiger partial charge in [0.05, 0.1) is 0 Å². The van der Waals surface area contributed by atoms with Gasteiger partial charge in [0, 0.05) is 17.1 Å². The number of hydrogen-bond acceptors (Lipinski definition) is 1. The normalized spacial score (nSPS) is 33.0. The zero-order chi connectivity index (χ0) is 12.9. The van der Waals surface area contributed by atoms with Crippen LogP contribution in [0.25, 0.3) is 0 Å². The first-order valence-electron chi connectivity index (χ1n) is 7.00. The van der Waals surface area contributed by atoms with Gasteiger partial charge in [-0.1, -0.05) is 38.4 Å². The third-order valence-electron chi connectivity index (χ3n) is 4.62. The van der Waals surface area contributed by atoms with Gasteiger partial charge >= 0.3 is 0 Å². The molecule has 0 aliphatic heterocycles. The van der Waals surface area contributed by atoms with E-state index in [0.717, 1.165) is 17.4 Å². The molecule has 2 aliphatic carbocycles. The number of benzene rings is 1. The number of nitrogens with one attached hydrogen (secondary N) is 1. The maximum absolute atomic E-state index is 6.16. The van der Waals surface area contributed by atoms with E-state index in [0.29, 0.717) is 17.5 Å². The summed E-state index contributed by atoms with van der Waals surface area (Å²) >= 11 is 6.16. The van der Waals surface area contributed by atoms with Crippen LogP contribution in [0.5, 0.6) is 0 Å². The van der Waals surface area contributed by atoms with E-state index in [1.165, 1.54) is 24.0 Å². The second kappa shape index (κ2) is 4.25. The molecule has 1 N–H and O–H groups in total. The molecule has 18 heavy (non-hydrogen) atoms. The first kappa shape index (κ1) is 12.5. The summed E-state index contributed by atoms with van der Waals surface area (Å²) in [6.07, 6.45) is 3.80. The molecule has 1 aromatic rings. The third kappa shape index (κ3) is 2.08. The lowest BCUT2D eigenvalue weighted by molar-refractivity contribution is 0.171. The number of hydrogen-bond donors (Lipinski definition) is 1. The second-order valence-corrected chi connectivity index (χ2v) is 7.32. The molecule has 0 spiro atoms. The topological polar surface area (TPSA) is 12.0 Å². The van der Waals surface area contributed by atoms with Crippen molar-refractivity contribution in [2.75, 3.05) is 0 Å². The van der Waals surface area contributed by atoms with E-state index < -0.39 is 0 Å². The van der Waals surface area contributed by atoms with Crippen molar-refractivity contribution in [1.82, 2.24) is 5.32 Å². The Labute approximate surface area is 115 Å². The monoisotopic (exact) mass is 263 g/mol. The summed E-state index contributed by atoms with van der Waals surface area (Å²) in [6, 6.07) is 7.54. The van der Waals surface area contributed by atoms with Crippen molar-refractivity contribution in [3.8, 4) is 0 Å². The Balaban J connectivity index is 1.85. The van der Waals surface area contributed by atoms with Gasteiger partial charge in [-0.25, -0.2) is 0 Å². The molecule has 1 aromatic carbocycles. The second-order valence-electron chi connectivity index (χ2n) is 6.88. The minimum atomic E-state index is 0.297. The summed E-state index contributed by atoms with van der Waals surface area (Å²) in [6.45, 7) is 7.06. The Kier molecular flexibility index (Phi) is 2.95. The number of fused-ring (bicyclic) bond motifs is 1. The zero-order valence-electron chi connectivity index (χ0n) is 11.5. The largest absolute Gasteiger partial charge is 0.307 e. The van der Waals surface area contributed by atoms with E-state index in [2.05, 4.69) is 38.2 Å². The van der Waals surface area contributed by atoms with E-state index in [9.17, 15) is 0 Å². The first-order valence-corrected chi connectivity index (χ1v) is 7.38. The average molecular weight is 264 g/mol. The number of halogens is 1. The van der Waals surface area contributed by atoms with Crippen LogP contribution in [0.1, 0.15) is 50.8 Å². The van der Waals surface area contributed by atoms with Gasteiger partial charge in [-0.15, -0.1) is 0 Å². The molecule has 1 fully saturated rings. The van der Waals surface area contributed by atoms with Crippen molar-refractivity contribution in [3.63, 3.8) is 0 Å². The van der Waals surface area contributed by atoms with Gasteiger partial charge in [-0.05, 0) is 53.9 Å². The third-order valence-corrected chi connectivity index (χ3v) is 4.86. The van der Waals surface area contributed by atoms with Crippen LogP contribution < -0.4 is 5.32 Å². The van der Waals surface area contributed by atoms with Gasteiger partial charge in [0.2, 0.25) is 0 Å². The smallest absolute Gasteiger partial charge is 0.0409 e. The van der Waals surface area contributed by atoms with Crippen LogP contribution in [0.15, 0.2) is 18.2 Å². The maximum Gasteiger partial charge on any atom is 0.0409 e. The van der Waals surface area contributed by atoms with Crippen molar-refractivity contribution in [2.24, 2.45) is 11.3 Å². The fourth-order valence-corrected chi connectivity index (χ4v) is 3.78. The molecular weight excluding hydrogens is 242 g/mol. The van der Waals surface area contributed by atoms with Gasteiger partial charge in [-0.3, -0.25) is 0 Å². The molecule has 0 saturated heterocycles. The van der Waals surface area contributed by atoms with Crippen molar-refractivity contribution in [2.45, 2.75) is 52.1 Å². The van der Waals surface area contributed by atoms with Crippen LogP contribution in [0, 0.1) is 11.3 Å². The lowest BCUT2D eigenvalue weighted by Crippen LogP contribution is -2.45. The first-order chi connectivity index (χ1) is 8.45. The summed E-state index contributed by atoms with van der Waals surface area (Å²) in [7, 11) is 0.